The van der Waals surface area contributed by atoms with Crippen molar-refractivity contribution < 1.29 is 0 Å². The molecule has 1 saturated carbocycles. The first-order valence-electron chi connectivity index (χ1n) is 8.71. The van der Waals surface area contributed by atoms with Crippen molar-refractivity contribution in [3.05, 3.63) is 24.3 Å². The molecule has 0 amide bonds. The number of anilines is 1. The van der Waals surface area contributed by atoms with Crippen LogP contribution in [-0.2, 0) is 6.54 Å². The van der Waals surface area contributed by atoms with Gasteiger partial charge in [-0.25, -0.2) is 4.68 Å². The van der Waals surface area contributed by atoms with E-state index in [4.69, 9.17) is 0 Å². The van der Waals surface area contributed by atoms with Gasteiger partial charge in [0.1, 0.15) is 12.1 Å². The van der Waals surface area contributed by atoms with Crippen LogP contribution in [0.15, 0.2) is 18.5 Å². The molecule has 3 aromatic rings. The minimum Gasteiger partial charge on any atom is -0.350 e. The molecule has 0 bridgehead atoms. The van der Waals surface area contributed by atoms with E-state index in [1.54, 1.807) is 10.8 Å². The fourth-order valence-corrected chi connectivity index (χ4v) is 3.51. The highest BCUT2D eigenvalue weighted by atomic mass is 15.6. The smallest absolute Gasteiger partial charge is 0.177 e. The molecule has 1 atom stereocenters. The van der Waals surface area contributed by atoms with Gasteiger partial charge in [-0.2, -0.15) is 4.52 Å². The van der Waals surface area contributed by atoms with Crippen LogP contribution in [0.2, 0.25) is 0 Å². The molecule has 2 aliphatic rings. The minimum absolute atomic E-state index is 0.362. The first-order chi connectivity index (χ1) is 12.3. The molecule has 1 aliphatic carbocycles. The molecule has 1 aliphatic heterocycles. The molecule has 4 heterocycles. The zero-order chi connectivity index (χ0) is 16.8. The lowest BCUT2D eigenvalue weighted by Crippen LogP contribution is -2.52. The van der Waals surface area contributed by atoms with Crippen molar-refractivity contribution in [2.24, 2.45) is 0 Å². The second-order valence-electron chi connectivity index (χ2n) is 6.87. The number of fused-ring (bicyclic) bond motifs is 1. The highest BCUT2D eigenvalue weighted by molar-refractivity contribution is 5.46. The Morgan fingerprint density at radius 2 is 2.08 bits per heavy atom. The number of hydrogen-bond acceptors (Lipinski definition) is 8. The van der Waals surface area contributed by atoms with Crippen molar-refractivity contribution in [2.45, 2.75) is 38.4 Å². The van der Waals surface area contributed by atoms with Crippen molar-refractivity contribution in [3.63, 3.8) is 0 Å². The van der Waals surface area contributed by atoms with Crippen LogP contribution >= 0.6 is 0 Å². The standard InChI is InChI=1S/C15H20N10/c1-11-8-22(9-15-18-20-21-25(15)12-2-3-12)6-7-23(11)14-5-4-13-17-16-10-24(13)19-14/h4-5,10-12H,2-3,6-9H2,1H3/t11-/m1/s1. The van der Waals surface area contributed by atoms with Crippen molar-refractivity contribution in [1.29, 1.82) is 0 Å². The van der Waals surface area contributed by atoms with Gasteiger partial charge in [-0.05, 0) is 42.3 Å². The van der Waals surface area contributed by atoms with E-state index < -0.39 is 0 Å². The summed E-state index contributed by atoms with van der Waals surface area (Å²) in [6, 6.07) is 4.85. The van der Waals surface area contributed by atoms with Gasteiger partial charge in [-0.3, -0.25) is 4.90 Å². The van der Waals surface area contributed by atoms with E-state index in [2.05, 4.69) is 47.5 Å². The monoisotopic (exact) mass is 340 g/mol. The molecule has 130 valence electrons. The van der Waals surface area contributed by atoms with Gasteiger partial charge < -0.3 is 4.90 Å². The van der Waals surface area contributed by atoms with Gasteiger partial charge in [0.25, 0.3) is 0 Å². The Bertz CT molecular complexity index is 881. The second-order valence-corrected chi connectivity index (χ2v) is 6.87. The number of piperazine rings is 1. The molecule has 0 spiro atoms. The van der Waals surface area contributed by atoms with Gasteiger partial charge in [0.15, 0.2) is 11.5 Å². The molecule has 5 rings (SSSR count). The topological polar surface area (TPSA) is 93.2 Å². The lowest BCUT2D eigenvalue weighted by Gasteiger charge is -2.40. The molecule has 10 nitrogen and oxygen atoms in total. The predicted molar refractivity (Wildman–Crippen MR) is 89.0 cm³/mol. The van der Waals surface area contributed by atoms with E-state index >= 15 is 0 Å². The Morgan fingerprint density at radius 1 is 1.16 bits per heavy atom. The summed E-state index contributed by atoms with van der Waals surface area (Å²) in [6.07, 6.45) is 4.02. The largest absolute Gasteiger partial charge is 0.350 e. The fraction of sp³-hybridized carbons (Fsp3) is 0.600. The molecule has 0 radical (unpaired) electrons. The molecule has 2 fully saturated rings. The molecule has 1 saturated heterocycles. The van der Waals surface area contributed by atoms with Crippen molar-refractivity contribution >= 4 is 11.5 Å². The zero-order valence-electron chi connectivity index (χ0n) is 14.1. The number of rotatable bonds is 4. The summed E-state index contributed by atoms with van der Waals surface area (Å²) < 4.78 is 3.72. The van der Waals surface area contributed by atoms with E-state index in [1.807, 2.05) is 16.8 Å². The van der Waals surface area contributed by atoms with Gasteiger partial charge in [0.2, 0.25) is 0 Å². The zero-order valence-corrected chi connectivity index (χ0v) is 14.1. The van der Waals surface area contributed by atoms with E-state index in [-0.39, 0.29) is 0 Å². The van der Waals surface area contributed by atoms with Crippen LogP contribution in [0.3, 0.4) is 0 Å². The summed E-state index contributed by atoms with van der Waals surface area (Å²) in [5, 5.41) is 24.7. The third-order valence-corrected chi connectivity index (χ3v) is 4.97. The van der Waals surface area contributed by atoms with Crippen LogP contribution in [0.4, 0.5) is 5.82 Å². The molecular weight excluding hydrogens is 320 g/mol. The van der Waals surface area contributed by atoms with Crippen LogP contribution in [0.1, 0.15) is 31.6 Å². The lowest BCUT2D eigenvalue weighted by atomic mass is 10.2. The maximum Gasteiger partial charge on any atom is 0.177 e. The lowest BCUT2D eigenvalue weighted by molar-refractivity contribution is 0.211. The average Bonchev–Trinajstić information content (AvgIpc) is 3.16. The Balaban J connectivity index is 1.29. The van der Waals surface area contributed by atoms with Gasteiger partial charge in [-0.1, -0.05) is 0 Å². The highest BCUT2D eigenvalue weighted by Crippen LogP contribution is 2.34. The molecule has 0 N–H and O–H groups in total. The summed E-state index contributed by atoms with van der Waals surface area (Å²) in [7, 11) is 0. The van der Waals surface area contributed by atoms with Crippen LogP contribution in [0.25, 0.3) is 5.65 Å². The fourth-order valence-electron chi connectivity index (χ4n) is 3.51. The number of tetrazole rings is 1. The van der Waals surface area contributed by atoms with Crippen molar-refractivity contribution in [1.82, 2.24) is 44.9 Å². The minimum atomic E-state index is 0.362. The van der Waals surface area contributed by atoms with E-state index in [1.165, 1.54) is 12.8 Å². The van der Waals surface area contributed by atoms with Crippen LogP contribution in [0, 0.1) is 0 Å². The van der Waals surface area contributed by atoms with Crippen LogP contribution in [-0.4, -0.2) is 70.6 Å². The molecular formula is C15H20N10. The Hall–Kier alpha value is -2.62. The van der Waals surface area contributed by atoms with E-state index in [0.717, 1.165) is 43.5 Å². The first-order valence-corrected chi connectivity index (χ1v) is 8.71. The summed E-state index contributed by atoms with van der Waals surface area (Å²) in [5.74, 6) is 1.94. The Labute approximate surface area is 144 Å². The number of aromatic nitrogens is 8. The highest BCUT2D eigenvalue weighted by Gasteiger charge is 2.30. The first kappa shape index (κ1) is 14.7. The molecule has 10 heteroatoms. The molecule has 0 aromatic carbocycles. The van der Waals surface area contributed by atoms with Crippen molar-refractivity contribution in [2.75, 3.05) is 24.5 Å². The van der Waals surface area contributed by atoms with Crippen molar-refractivity contribution in [3.8, 4) is 0 Å². The average molecular weight is 340 g/mol. The Kier molecular flexibility index (Phi) is 3.37. The van der Waals surface area contributed by atoms with Gasteiger partial charge >= 0.3 is 0 Å². The quantitative estimate of drug-likeness (QED) is 0.663. The maximum atomic E-state index is 4.62. The summed E-state index contributed by atoms with van der Waals surface area (Å²) in [6.45, 7) is 5.88. The SMILES string of the molecule is C[C@@H]1CN(Cc2nnnn2C2CC2)CCN1c1ccc2nncn2n1. The maximum absolute atomic E-state index is 4.62. The van der Waals surface area contributed by atoms with E-state index in [0.29, 0.717) is 12.1 Å². The van der Waals surface area contributed by atoms with Crippen LogP contribution < -0.4 is 4.90 Å². The Morgan fingerprint density at radius 3 is 2.92 bits per heavy atom. The summed E-state index contributed by atoms with van der Waals surface area (Å²) in [4.78, 5) is 4.75. The van der Waals surface area contributed by atoms with Gasteiger partial charge in [0.05, 0.1) is 12.6 Å². The second kappa shape index (κ2) is 5.73. The number of hydrogen-bond donors (Lipinski definition) is 0. The third-order valence-electron chi connectivity index (χ3n) is 4.97. The van der Waals surface area contributed by atoms with Gasteiger partial charge in [0, 0.05) is 25.7 Å². The summed E-state index contributed by atoms with van der Waals surface area (Å²) in [5.41, 5.74) is 0.766. The predicted octanol–water partition coefficient (Wildman–Crippen LogP) is 0.156. The normalized spacial score (nSPS) is 22.0. The van der Waals surface area contributed by atoms with E-state index in [9.17, 15) is 0 Å². The molecule has 3 aromatic heterocycles. The molecule has 25 heavy (non-hydrogen) atoms. The third kappa shape index (κ3) is 2.72. The van der Waals surface area contributed by atoms with Gasteiger partial charge in [-0.15, -0.1) is 20.4 Å². The number of nitrogens with zero attached hydrogens (tertiary/aromatic N) is 10. The van der Waals surface area contributed by atoms with Crippen LogP contribution in [0.5, 0.6) is 0 Å². The molecule has 0 unspecified atom stereocenters. The summed E-state index contributed by atoms with van der Waals surface area (Å²) >= 11 is 0.